The summed E-state index contributed by atoms with van der Waals surface area (Å²) in [6.07, 6.45) is 3.42. The van der Waals surface area contributed by atoms with Gasteiger partial charge in [-0.15, -0.1) is 0 Å². The lowest BCUT2D eigenvalue weighted by Crippen LogP contribution is -2.15. The molecular weight excluding hydrogens is 408 g/mol. The molecule has 0 spiro atoms. The molecule has 0 amide bonds. The number of pyridine rings is 1. The van der Waals surface area contributed by atoms with Crippen LogP contribution in [0.4, 0.5) is 0 Å². The van der Waals surface area contributed by atoms with E-state index in [9.17, 15) is 8.42 Å². The van der Waals surface area contributed by atoms with Gasteiger partial charge in [-0.05, 0) is 44.5 Å². The minimum absolute atomic E-state index is 0.230. The lowest BCUT2D eigenvalue weighted by molar-refractivity contribution is 0.589. The van der Waals surface area contributed by atoms with Crippen molar-refractivity contribution in [3.8, 4) is 11.3 Å². The number of hydrogen-bond acceptors (Lipinski definition) is 4. The van der Waals surface area contributed by atoms with Gasteiger partial charge in [0, 0.05) is 29.6 Å². The molecule has 5 aromatic rings. The molecule has 0 aliphatic carbocycles. The van der Waals surface area contributed by atoms with E-state index in [4.69, 9.17) is 0 Å². The maximum atomic E-state index is 13.9. The molecular formula is C24H22N4O2S. The molecule has 6 nitrogen and oxygen atoms in total. The van der Waals surface area contributed by atoms with Crippen molar-refractivity contribution in [3.63, 3.8) is 0 Å². The van der Waals surface area contributed by atoms with Crippen LogP contribution in [0, 0.1) is 20.8 Å². The first kappa shape index (κ1) is 19.5. The first-order valence-electron chi connectivity index (χ1n) is 9.99. The van der Waals surface area contributed by atoms with Gasteiger partial charge in [-0.3, -0.25) is 4.68 Å². The Kier molecular flexibility index (Phi) is 4.27. The fourth-order valence-corrected chi connectivity index (χ4v) is 5.61. The van der Waals surface area contributed by atoms with Gasteiger partial charge < -0.3 is 0 Å². The van der Waals surface area contributed by atoms with Crippen LogP contribution >= 0.6 is 0 Å². The molecule has 7 heteroatoms. The van der Waals surface area contributed by atoms with E-state index >= 15 is 0 Å². The van der Waals surface area contributed by atoms with Crippen molar-refractivity contribution in [2.45, 2.75) is 25.7 Å². The number of nitrogens with zero attached hydrogens (tertiary/aromatic N) is 4. The van der Waals surface area contributed by atoms with Crippen LogP contribution in [0.15, 0.2) is 65.8 Å². The second kappa shape index (κ2) is 6.78. The zero-order chi connectivity index (χ0) is 21.9. The molecule has 0 radical (unpaired) electrons. The summed E-state index contributed by atoms with van der Waals surface area (Å²) in [5, 5.41) is 5.96. The molecule has 0 saturated carbocycles. The fourth-order valence-electron chi connectivity index (χ4n) is 4.14. The Balaban J connectivity index is 1.92. The molecule has 2 aromatic carbocycles. The third-order valence-electron chi connectivity index (χ3n) is 5.70. The maximum absolute atomic E-state index is 13.9. The highest BCUT2D eigenvalue weighted by Crippen LogP contribution is 2.36. The summed E-state index contributed by atoms with van der Waals surface area (Å²) in [6.45, 7) is 5.95. The van der Waals surface area contributed by atoms with Gasteiger partial charge in [-0.25, -0.2) is 17.4 Å². The molecule has 31 heavy (non-hydrogen) atoms. The summed E-state index contributed by atoms with van der Waals surface area (Å²) in [5.74, 6) is 0. The Hall–Kier alpha value is -3.45. The van der Waals surface area contributed by atoms with Crippen molar-refractivity contribution in [1.29, 1.82) is 0 Å². The molecule has 0 N–H and O–H groups in total. The van der Waals surface area contributed by atoms with Crippen LogP contribution < -0.4 is 0 Å². The van der Waals surface area contributed by atoms with E-state index in [1.165, 1.54) is 3.97 Å². The molecule has 3 aromatic heterocycles. The molecule has 0 saturated heterocycles. The molecule has 0 fully saturated rings. The number of fused-ring (bicyclic) bond motifs is 3. The van der Waals surface area contributed by atoms with Crippen molar-refractivity contribution >= 4 is 32.0 Å². The van der Waals surface area contributed by atoms with Gasteiger partial charge in [-0.1, -0.05) is 41.5 Å². The van der Waals surface area contributed by atoms with Crippen molar-refractivity contribution in [2.75, 3.05) is 0 Å². The fraction of sp³-hybridized carbons (Fsp3) is 0.167. The minimum Gasteiger partial charge on any atom is -0.267 e. The minimum atomic E-state index is -3.88. The van der Waals surface area contributed by atoms with Gasteiger partial charge in [-0.2, -0.15) is 5.10 Å². The van der Waals surface area contributed by atoms with E-state index in [0.717, 1.165) is 38.5 Å². The molecule has 0 aliphatic rings. The third kappa shape index (κ3) is 2.96. The topological polar surface area (TPSA) is 69.8 Å². The van der Waals surface area contributed by atoms with E-state index in [1.54, 1.807) is 29.2 Å². The molecule has 0 bridgehead atoms. The first-order valence-corrected chi connectivity index (χ1v) is 11.4. The highest BCUT2D eigenvalue weighted by Gasteiger charge is 2.27. The summed E-state index contributed by atoms with van der Waals surface area (Å²) >= 11 is 0. The Labute approximate surface area is 180 Å². The first-order chi connectivity index (χ1) is 14.8. The highest BCUT2D eigenvalue weighted by atomic mass is 32.2. The van der Waals surface area contributed by atoms with Crippen molar-refractivity contribution < 1.29 is 8.42 Å². The molecule has 156 valence electrons. The highest BCUT2D eigenvalue weighted by molar-refractivity contribution is 7.90. The van der Waals surface area contributed by atoms with E-state index in [1.807, 2.05) is 58.2 Å². The van der Waals surface area contributed by atoms with Gasteiger partial charge in [0.15, 0.2) is 5.65 Å². The standard InChI is InChI=1S/C24H22N4O2S/c1-15-5-8-19(9-6-15)31(29,30)28-22(20-10-7-16(2)11-17(20)3)12-21-23-18(13-25-24(21)28)14-26-27(23)4/h5-14H,1-4H3. The molecule has 3 heterocycles. The van der Waals surface area contributed by atoms with Gasteiger partial charge in [0.2, 0.25) is 0 Å². The van der Waals surface area contributed by atoms with Crippen LogP contribution in [-0.4, -0.2) is 27.2 Å². The van der Waals surface area contributed by atoms with Gasteiger partial charge in [0.25, 0.3) is 10.0 Å². The van der Waals surface area contributed by atoms with Crippen LogP contribution in [0.25, 0.3) is 33.2 Å². The molecule has 0 aliphatic heterocycles. The van der Waals surface area contributed by atoms with Crippen molar-refractivity contribution in [2.24, 2.45) is 7.05 Å². The average molecular weight is 431 g/mol. The molecule has 0 atom stereocenters. The van der Waals surface area contributed by atoms with Gasteiger partial charge in [0.05, 0.1) is 22.3 Å². The second-order valence-corrected chi connectivity index (χ2v) is 9.78. The summed E-state index contributed by atoms with van der Waals surface area (Å²) in [7, 11) is -2.03. The Morgan fingerprint density at radius 2 is 1.58 bits per heavy atom. The monoisotopic (exact) mass is 430 g/mol. The quantitative estimate of drug-likeness (QED) is 0.414. The number of hydrogen-bond donors (Lipinski definition) is 0. The zero-order valence-electron chi connectivity index (χ0n) is 17.8. The van der Waals surface area contributed by atoms with Crippen LogP contribution in [0.1, 0.15) is 16.7 Å². The van der Waals surface area contributed by atoms with Crippen molar-refractivity contribution in [3.05, 3.63) is 77.6 Å². The smallest absolute Gasteiger partial charge is 0.267 e. The Bertz CT molecular complexity index is 1580. The largest absolute Gasteiger partial charge is 0.269 e. The van der Waals surface area contributed by atoms with E-state index < -0.39 is 10.0 Å². The predicted molar refractivity (Wildman–Crippen MR) is 123 cm³/mol. The zero-order valence-corrected chi connectivity index (χ0v) is 18.6. The summed E-state index contributed by atoms with van der Waals surface area (Å²) in [4.78, 5) is 4.79. The van der Waals surface area contributed by atoms with Crippen LogP contribution in [-0.2, 0) is 17.1 Å². The van der Waals surface area contributed by atoms with Crippen molar-refractivity contribution in [1.82, 2.24) is 18.7 Å². The number of benzene rings is 2. The maximum Gasteiger partial charge on any atom is 0.269 e. The summed E-state index contributed by atoms with van der Waals surface area (Å²) in [6, 6.07) is 14.8. The number of rotatable bonds is 3. The number of aryl methyl sites for hydroxylation is 4. The van der Waals surface area contributed by atoms with Crippen LogP contribution in [0.3, 0.4) is 0 Å². The summed E-state index contributed by atoms with van der Waals surface area (Å²) in [5.41, 5.74) is 5.83. The lowest BCUT2D eigenvalue weighted by Gasteiger charge is -2.14. The van der Waals surface area contributed by atoms with Gasteiger partial charge >= 0.3 is 0 Å². The molecule has 5 rings (SSSR count). The number of aromatic nitrogens is 4. The SMILES string of the molecule is Cc1ccc(S(=O)(=O)n2c(-c3ccc(C)cc3C)cc3c4c(cnc32)cnn4C)cc1. The van der Waals surface area contributed by atoms with Crippen LogP contribution in [0.5, 0.6) is 0 Å². The normalized spacial score (nSPS) is 12.1. The second-order valence-electron chi connectivity index (χ2n) is 8.00. The average Bonchev–Trinajstić information content (AvgIpc) is 3.29. The third-order valence-corrected chi connectivity index (χ3v) is 7.42. The van der Waals surface area contributed by atoms with E-state index in [0.29, 0.717) is 11.3 Å². The Morgan fingerprint density at radius 3 is 2.29 bits per heavy atom. The summed E-state index contributed by atoms with van der Waals surface area (Å²) < 4.78 is 30.8. The Morgan fingerprint density at radius 1 is 0.871 bits per heavy atom. The van der Waals surface area contributed by atoms with E-state index in [-0.39, 0.29) is 4.90 Å². The van der Waals surface area contributed by atoms with E-state index in [2.05, 4.69) is 16.1 Å². The molecule has 0 unspecified atom stereocenters. The lowest BCUT2D eigenvalue weighted by atomic mass is 10.0. The predicted octanol–water partition coefficient (Wildman–Crippen LogP) is 4.75. The van der Waals surface area contributed by atoms with Gasteiger partial charge in [0.1, 0.15) is 0 Å². The van der Waals surface area contributed by atoms with Crippen LogP contribution in [0.2, 0.25) is 0 Å².